The van der Waals surface area contributed by atoms with Crippen LogP contribution in [-0.4, -0.2) is 12.1 Å². The zero-order valence-electron chi connectivity index (χ0n) is 11.4. The minimum Gasteiger partial charge on any atom is -0.371 e. The number of hydrogen-bond acceptors (Lipinski definition) is 4. The quantitative estimate of drug-likeness (QED) is 0.852. The summed E-state index contributed by atoms with van der Waals surface area (Å²) in [6.45, 7) is 0. The van der Waals surface area contributed by atoms with Crippen LogP contribution in [-0.2, 0) is 10.3 Å². The Hall–Kier alpha value is -1.70. The maximum absolute atomic E-state index is 8.98. The van der Waals surface area contributed by atoms with Crippen molar-refractivity contribution in [1.29, 1.82) is 5.26 Å². The van der Waals surface area contributed by atoms with Crippen LogP contribution in [0.4, 0.5) is 0 Å². The molecule has 0 saturated heterocycles. The van der Waals surface area contributed by atoms with Gasteiger partial charge in [0.15, 0.2) is 0 Å². The second-order valence-electron chi connectivity index (χ2n) is 5.14. The first-order chi connectivity index (χ1) is 9.77. The summed E-state index contributed by atoms with van der Waals surface area (Å²) in [7, 11) is 1.78. The summed E-state index contributed by atoms with van der Waals surface area (Å²) >= 11 is 1.66. The highest BCUT2D eigenvalue weighted by Gasteiger charge is 2.38. The molecule has 20 heavy (non-hydrogen) atoms. The number of nitrogens with zero attached hydrogens (tertiary/aromatic N) is 2. The molecule has 3 nitrogen and oxygen atoms in total. The second kappa shape index (κ2) is 5.35. The van der Waals surface area contributed by atoms with E-state index in [1.165, 1.54) is 12.8 Å². The Labute approximate surface area is 122 Å². The van der Waals surface area contributed by atoms with Gasteiger partial charge >= 0.3 is 0 Å². The van der Waals surface area contributed by atoms with Crippen LogP contribution in [0.2, 0.25) is 0 Å². The molecule has 0 N–H and O–H groups in total. The van der Waals surface area contributed by atoms with E-state index < -0.39 is 0 Å². The molecule has 2 aromatic rings. The third-order valence-corrected chi connectivity index (χ3v) is 5.01. The summed E-state index contributed by atoms with van der Waals surface area (Å²) < 4.78 is 5.77. The number of benzene rings is 1. The Morgan fingerprint density at radius 2 is 2.15 bits per heavy atom. The molecule has 0 bridgehead atoms. The molecule has 1 aliphatic rings. The van der Waals surface area contributed by atoms with Gasteiger partial charge in [0.1, 0.15) is 10.6 Å². The first-order valence-corrected chi connectivity index (χ1v) is 7.67. The van der Waals surface area contributed by atoms with Gasteiger partial charge < -0.3 is 4.74 Å². The topological polar surface area (TPSA) is 45.9 Å². The minimum atomic E-state index is -0.185. The Kier molecular flexibility index (Phi) is 3.56. The van der Waals surface area contributed by atoms with E-state index in [1.54, 1.807) is 18.4 Å². The van der Waals surface area contributed by atoms with Crippen molar-refractivity contribution in [2.75, 3.05) is 7.11 Å². The van der Waals surface area contributed by atoms with E-state index in [1.807, 2.05) is 24.3 Å². The SMILES string of the molecule is COC1(c2nc(-c3cccc(C#N)c3)cs2)CCCC1. The van der Waals surface area contributed by atoms with Crippen molar-refractivity contribution >= 4 is 11.3 Å². The number of hydrogen-bond donors (Lipinski definition) is 0. The lowest BCUT2D eigenvalue weighted by Gasteiger charge is -2.24. The van der Waals surface area contributed by atoms with Crippen molar-refractivity contribution in [1.82, 2.24) is 4.98 Å². The molecule has 3 rings (SSSR count). The molecular weight excluding hydrogens is 268 g/mol. The number of rotatable bonds is 3. The van der Waals surface area contributed by atoms with Gasteiger partial charge in [-0.15, -0.1) is 11.3 Å². The normalized spacial score (nSPS) is 17.0. The van der Waals surface area contributed by atoms with Crippen LogP contribution < -0.4 is 0 Å². The van der Waals surface area contributed by atoms with Crippen molar-refractivity contribution in [2.24, 2.45) is 0 Å². The zero-order chi connectivity index (χ0) is 14.0. The van der Waals surface area contributed by atoms with Crippen LogP contribution >= 0.6 is 11.3 Å². The number of thiazole rings is 1. The minimum absolute atomic E-state index is 0.185. The third kappa shape index (κ3) is 2.24. The molecule has 0 aliphatic heterocycles. The molecule has 1 fully saturated rings. The molecule has 0 unspecified atom stereocenters. The standard InChI is InChI=1S/C16H16N2OS/c1-19-16(7-2-3-8-16)15-18-14(11-20-15)13-6-4-5-12(9-13)10-17/h4-6,9,11H,2-3,7-8H2,1H3. The lowest BCUT2D eigenvalue weighted by Crippen LogP contribution is -2.24. The Morgan fingerprint density at radius 3 is 2.85 bits per heavy atom. The van der Waals surface area contributed by atoms with Crippen LogP contribution in [0.1, 0.15) is 36.3 Å². The Balaban J connectivity index is 1.96. The molecule has 1 heterocycles. The van der Waals surface area contributed by atoms with Crippen LogP contribution in [0.5, 0.6) is 0 Å². The molecule has 1 aromatic carbocycles. The number of nitriles is 1. The van der Waals surface area contributed by atoms with Crippen LogP contribution in [0.25, 0.3) is 11.3 Å². The van der Waals surface area contributed by atoms with E-state index in [4.69, 9.17) is 15.0 Å². The van der Waals surface area contributed by atoms with Gasteiger partial charge in [-0.25, -0.2) is 4.98 Å². The molecule has 102 valence electrons. The van der Waals surface area contributed by atoms with E-state index in [2.05, 4.69) is 11.4 Å². The van der Waals surface area contributed by atoms with Crippen molar-refractivity contribution < 1.29 is 4.74 Å². The van der Waals surface area contributed by atoms with E-state index >= 15 is 0 Å². The third-order valence-electron chi connectivity index (χ3n) is 3.98. The van der Waals surface area contributed by atoms with Crippen molar-refractivity contribution in [3.63, 3.8) is 0 Å². The van der Waals surface area contributed by atoms with Gasteiger partial charge in [-0.2, -0.15) is 5.26 Å². The monoisotopic (exact) mass is 284 g/mol. The first-order valence-electron chi connectivity index (χ1n) is 6.79. The lowest BCUT2D eigenvalue weighted by molar-refractivity contribution is -0.00879. The van der Waals surface area contributed by atoms with Crippen LogP contribution in [0.3, 0.4) is 0 Å². The van der Waals surface area contributed by atoms with E-state index in [0.717, 1.165) is 29.1 Å². The fourth-order valence-corrected chi connectivity index (χ4v) is 3.88. The molecular formula is C16H16N2OS. The summed E-state index contributed by atoms with van der Waals surface area (Å²) in [4.78, 5) is 4.77. The van der Waals surface area contributed by atoms with Gasteiger partial charge in [0, 0.05) is 18.1 Å². The molecule has 0 amide bonds. The lowest BCUT2D eigenvalue weighted by atomic mass is 10.0. The van der Waals surface area contributed by atoms with Crippen LogP contribution in [0.15, 0.2) is 29.6 Å². The van der Waals surface area contributed by atoms with E-state index in [0.29, 0.717) is 5.56 Å². The van der Waals surface area contributed by atoms with Gasteiger partial charge in [-0.1, -0.05) is 25.0 Å². The van der Waals surface area contributed by atoms with Crippen LogP contribution in [0, 0.1) is 11.3 Å². The molecule has 1 saturated carbocycles. The van der Waals surface area contributed by atoms with Gasteiger partial charge in [-0.05, 0) is 25.0 Å². The van der Waals surface area contributed by atoms with Crippen molar-refractivity contribution in [3.8, 4) is 17.3 Å². The maximum Gasteiger partial charge on any atom is 0.125 e. The summed E-state index contributed by atoms with van der Waals surface area (Å²) in [6, 6.07) is 9.75. The summed E-state index contributed by atoms with van der Waals surface area (Å²) in [6.07, 6.45) is 4.50. The van der Waals surface area contributed by atoms with Gasteiger partial charge in [0.2, 0.25) is 0 Å². The Morgan fingerprint density at radius 1 is 1.35 bits per heavy atom. The highest BCUT2D eigenvalue weighted by Crippen LogP contribution is 2.43. The fourth-order valence-electron chi connectivity index (χ4n) is 2.82. The van der Waals surface area contributed by atoms with Gasteiger partial charge in [0.05, 0.1) is 17.3 Å². The number of aromatic nitrogens is 1. The average Bonchev–Trinajstić information content (AvgIpc) is 3.17. The molecule has 1 aliphatic carbocycles. The summed E-state index contributed by atoms with van der Waals surface area (Å²) in [5.74, 6) is 0. The molecule has 0 radical (unpaired) electrons. The molecule has 0 spiro atoms. The predicted octanol–water partition coefficient (Wildman–Crippen LogP) is 4.10. The van der Waals surface area contributed by atoms with E-state index in [9.17, 15) is 0 Å². The number of ether oxygens (including phenoxy) is 1. The Bertz CT molecular complexity index is 650. The molecule has 0 atom stereocenters. The molecule has 4 heteroatoms. The molecule has 1 aromatic heterocycles. The largest absolute Gasteiger partial charge is 0.371 e. The summed E-state index contributed by atoms with van der Waals surface area (Å²) in [5.41, 5.74) is 2.41. The second-order valence-corrected chi connectivity index (χ2v) is 5.99. The predicted molar refractivity (Wildman–Crippen MR) is 79.4 cm³/mol. The number of methoxy groups -OCH3 is 1. The smallest absolute Gasteiger partial charge is 0.125 e. The summed E-state index contributed by atoms with van der Waals surface area (Å²) in [5, 5.41) is 12.1. The fraction of sp³-hybridized carbons (Fsp3) is 0.375. The van der Waals surface area contributed by atoms with E-state index in [-0.39, 0.29) is 5.60 Å². The van der Waals surface area contributed by atoms with Gasteiger partial charge in [0.25, 0.3) is 0 Å². The van der Waals surface area contributed by atoms with Gasteiger partial charge in [-0.3, -0.25) is 0 Å². The average molecular weight is 284 g/mol. The zero-order valence-corrected chi connectivity index (χ0v) is 12.2. The highest BCUT2D eigenvalue weighted by molar-refractivity contribution is 7.10. The first kappa shape index (κ1) is 13.3. The highest BCUT2D eigenvalue weighted by atomic mass is 32.1. The van der Waals surface area contributed by atoms with Crippen molar-refractivity contribution in [2.45, 2.75) is 31.3 Å². The van der Waals surface area contributed by atoms with Crippen molar-refractivity contribution in [3.05, 3.63) is 40.2 Å². The maximum atomic E-state index is 8.98.